The molecule has 0 bridgehead atoms. The van der Waals surface area contributed by atoms with Gasteiger partial charge in [-0.1, -0.05) is 29.6 Å². The van der Waals surface area contributed by atoms with E-state index in [1.54, 1.807) is 18.2 Å². The van der Waals surface area contributed by atoms with E-state index in [4.69, 9.17) is 39.1 Å². The molecule has 8 nitrogen and oxygen atoms in total. The largest absolute Gasteiger partial charge is 0.489 e. The molecule has 2 aliphatic heterocycles. The Bertz CT molecular complexity index is 1180. The number of pyridine rings is 1. The number of rotatable bonds is 6. The van der Waals surface area contributed by atoms with Gasteiger partial charge in [-0.05, 0) is 49.7 Å². The molecule has 5 rings (SSSR count). The van der Waals surface area contributed by atoms with E-state index >= 15 is 0 Å². The minimum Gasteiger partial charge on any atom is -0.489 e. The zero-order valence-electron chi connectivity index (χ0n) is 18.5. The Balaban J connectivity index is 1.27. The van der Waals surface area contributed by atoms with Crippen LogP contribution in [-0.2, 0) is 6.61 Å². The molecule has 3 aromatic rings. The number of benzene rings is 1. The molecule has 2 saturated heterocycles. The summed E-state index contributed by atoms with van der Waals surface area (Å²) in [5.74, 6) is 1.36. The molecule has 10 heteroatoms. The van der Waals surface area contributed by atoms with Crippen molar-refractivity contribution in [1.29, 1.82) is 5.41 Å². The Morgan fingerprint density at radius 3 is 2.59 bits per heavy atom. The molecule has 1 aromatic carbocycles. The van der Waals surface area contributed by atoms with Crippen LogP contribution < -0.4 is 20.7 Å². The number of hydrogen-bond acceptors (Lipinski definition) is 8. The second-order valence-corrected chi connectivity index (χ2v) is 9.61. The molecule has 2 aliphatic rings. The summed E-state index contributed by atoms with van der Waals surface area (Å²) >= 11 is 12.3. The van der Waals surface area contributed by atoms with Gasteiger partial charge >= 0.3 is 0 Å². The van der Waals surface area contributed by atoms with E-state index < -0.39 is 0 Å². The van der Waals surface area contributed by atoms with Crippen LogP contribution in [0.25, 0.3) is 0 Å². The van der Waals surface area contributed by atoms with Crippen molar-refractivity contribution in [3.63, 3.8) is 0 Å². The van der Waals surface area contributed by atoms with E-state index in [1.165, 1.54) is 31.7 Å². The molecular weight excluding hydrogens is 473 g/mol. The predicted octanol–water partition coefficient (Wildman–Crippen LogP) is 4.09. The number of piperidine rings is 1. The predicted molar refractivity (Wildman–Crippen MR) is 134 cm³/mol. The van der Waals surface area contributed by atoms with Gasteiger partial charge in [-0.3, -0.25) is 10.4 Å². The van der Waals surface area contributed by atoms with Crippen molar-refractivity contribution in [2.45, 2.75) is 31.4 Å². The Kier molecular flexibility index (Phi) is 6.29. The Morgan fingerprint density at radius 2 is 1.91 bits per heavy atom. The molecule has 2 fully saturated rings. The first-order valence-corrected chi connectivity index (χ1v) is 11.9. The van der Waals surface area contributed by atoms with Crippen LogP contribution >= 0.6 is 23.2 Å². The molecule has 0 aliphatic carbocycles. The SMILES string of the molecule is N=C(c1ccc(N2CC3(CCCCN3)C2)nn1)c1cc(OCc2c(Cl)cncc2Cl)ccc1N. The fourth-order valence-corrected chi connectivity index (χ4v) is 4.96. The summed E-state index contributed by atoms with van der Waals surface area (Å²) in [6, 6.07) is 8.88. The highest BCUT2D eigenvalue weighted by Gasteiger charge is 2.43. The van der Waals surface area contributed by atoms with Crippen LogP contribution in [0.4, 0.5) is 11.5 Å². The maximum Gasteiger partial charge on any atom is 0.151 e. The van der Waals surface area contributed by atoms with Gasteiger partial charge in [-0.15, -0.1) is 10.2 Å². The van der Waals surface area contributed by atoms with Gasteiger partial charge in [0.15, 0.2) is 5.82 Å². The van der Waals surface area contributed by atoms with Gasteiger partial charge in [0, 0.05) is 42.3 Å². The quantitative estimate of drug-likeness (QED) is 0.347. The average Bonchev–Trinajstić information content (AvgIpc) is 2.83. The summed E-state index contributed by atoms with van der Waals surface area (Å²) in [6.45, 7) is 3.13. The summed E-state index contributed by atoms with van der Waals surface area (Å²) in [5, 5.41) is 21.8. The van der Waals surface area contributed by atoms with E-state index in [2.05, 4.69) is 25.4 Å². The summed E-state index contributed by atoms with van der Waals surface area (Å²) in [6.07, 6.45) is 6.76. The molecule has 1 spiro atoms. The normalized spacial score (nSPS) is 16.8. The van der Waals surface area contributed by atoms with Crippen molar-refractivity contribution in [2.75, 3.05) is 30.3 Å². The Morgan fingerprint density at radius 1 is 1.12 bits per heavy atom. The standard InChI is InChI=1S/C24H25Cl2N7O/c25-18-10-29-11-19(26)17(18)12-34-15-3-4-20(27)16(9-15)23(28)21-5-6-22(32-31-21)33-13-24(14-33)7-1-2-8-30-24/h3-6,9-11,28,30H,1-2,7-8,12-14,27H2. The number of aromatic nitrogens is 3. The molecule has 2 aromatic heterocycles. The lowest BCUT2D eigenvalue weighted by molar-refractivity contribution is 0.201. The second-order valence-electron chi connectivity index (χ2n) is 8.79. The zero-order chi connectivity index (χ0) is 23.7. The third-order valence-corrected chi connectivity index (χ3v) is 7.08. The molecule has 4 heterocycles. The molecule has 176 valence electrons. The van der Waals surface area contributed by atoms with Gasteiger partial charge in [0.05, 0.1) is 21.3 Å². The van der Waals surface area contributed by atoms with Crippen molar-refractivity contribution in [1.82, 2.24) is 20.5 Å². The Labute approximate surface area is 208 Å². The maximum absolute atomic E-state index is 8.65. The lowest BCUT2D eigenvalue weighted by atomic mass is 9.82. The molecule has 0 saturated carbocycles. The van der Waals surface area contributed by atoms with Crippen LogP contribution in [0, 0.1) is 5.41 Å². The van der Waals surface area contributed by atoms with Crippen LogP contribution in [-0.4, -0.2) is 46.1 Å². The minimum absolute atomic E-state index is 0.164. The minimum atomic E-state index is 0.164. The Hall–Kier alpha value is -2.94. The summed E-state index contributed by atoms with van der Waals surface area (Å²) in [7, 11) is 0. The molecule has 0 unspecified atom stereocenters. The first kappa shape index (κ1) is 22.8. The lowest BCUT2D eigenvalue weighted by Crippen LogP contribution is -2.70. The highest BCUT2D eigenvalue weighted by atomic mass is 35.5. The van der Waals surface area contributed by atoms with Gasteiger partial charge in [0.25, 0.3) is 0 Å². The molecule has 4 N–H and O–H groups in total. The van der Waals surface area contributed by atoms with E-state index in [0.717, 1.165) is 25.5 Å². The van der Waals surface area contributed by atoms with Gasteiger partial charge < -0.3 is 20.7 Å². The summed E-state index contributed by atoms with van der Waals surface area (Å²) in [5.41, 5.74) is 8.62. The third kappa shape index (κ3) is 4.53. The van der Waals surface area contributed by atoms with Crippen molar-refractivity contribution < 1.29 is 4.74 Å². The number of nitrogens with zero attached hydrogens (tertiary/aromatic N) is 4. The fraction of sp³-hybridized carbons (Fsp3) is 0.333. The summed E-state index contributed by atoms with van der Waals surface area (Å²) in [4.78, 5) is 6.17. The topological polar surface area (TPSA) is 113 Å². The molecule has 0 radical (unpaired) electrons. The van der Waals surface area contributed by atoms with Crippen molar-refractivity contribution in [2.24, 2.45) is 0 Å². The monoisotopic (exact) mass is 497 g/mol. The molecule has 34 heavy (non-hydrogen) atoms. The molecule has 0 amide bonds. The average molecular weight is 498 g/mol. The lowest BCUT2D eigenvalue weighted by Gasteiger charge is -2.53. The van der Waals surface area contributed by atoms with E-state index in [9.17, 15) is 0 Å². The van der Waals surface area contributed by atoms with Gasteiger partial charge in [0.1, 0.15) is 18.1 Å². The van der Waals surface area contributed by atoms with Gasteiger partial charge in [0.2, 0.25) is 0 Å². The number of nitrogens with one attached hydrogen (secondary N) is 2. The number of nitrogen functional groups attached to an aromatic ring is 1. The maximum atomic E-state index is 8.65. The van der Waals surface area contributed by atoms with Crippen LogP contribution in [0.3, 0.4) is 0 Å². The number of nitrogens with two attached hydrogens (primary N) is 1. The number of anilines is 2. The van der Waals surface area contributed by atoms with Crippen molar-refractivity contribution >= 4 is 40.4 Å². The molecular formula is C24H25Cl2N7O. The van der Waals surface area contributed by atoms with Crippen molar-refractivity contribution in [3.8, 4) is 5.75 Å². The van der Waals surface area contributed by atoms with E-state index in [-0.39, 0.29) is 17.9 Å². The zero-order valence-corrected chi connectivity index (χ0v) is 20.0. The number of hydrogen-bond donors (Lipinski definition) is 3. The van der Waals surface area contributed by atoms with E-state index in [0.29, 0.717) is 38.3 Å². The highest BCUT2D eigenvalue weighted by Crippen LogP contribution is 2.32. The van der Waals surface area contributed by atoms with Crippen LogP contribution in [0.2, 0.25) is 10.0 Å². The molecule has 0 atom stereocenters. The second kappa shape index (κ2) is 9.37. The number of halogens is 2. The fourth-order valence-electron chi connectivity index (χ4n) is 4.48. The van der Waals surface area contributed by atoms with Gasteiger partial charge in [-0.2, -0.15) is 0 Å². The highest BCUT2D eigenvalue weighted by molar-refractivity contribution is 6.35. The first-order valence-electron chi connectivity index (χ1n) is 11.2. The van der Waals surface area contributed by atoms with E-state index in [1.807, 2.05) is 12.1 Å². The third-order valence-electron chi connectivity index (χ3n) is 6.43. The first-order chi connectivity index (χ1) is 16.4. The number of ether oxygens (including phenoxy) is 1. The van der Waals surface area contributed by atoms with Crippen molar-refractivity contribution in [3.05, 3.63) is 69.6 Å². The smallest absolute Gasteiger partial charge is 0.151 e. The van der Waals surface area contributed by atoms with Crippen LogP contribution in [0.1, 0.15) is 36.1 Å². The summed E-state index contributed by atoms with van der Waals surface area (Å²) < 4.78 is 5.87. The van der Waals surface area contributed by atoms with Crippen LogP contribution in [0.15, 0.2) is 42.7 Å². The van der Waals surface area contributed by atoms with Gasteiger partial charge in [-0.25, -0.2) is 0 Å². The van der Waals surface area contributed by atoms with Crippen LogP contribution in [0.5, 0.6) is 5.75 Å².